The van der Waals surface area contributed by atoms with E-state index in [1.54, 1.807) is 0 Å². The van der Waals surface area contributed by atoms with Crippen LogP contribution in [0.15, 0.2) is 18.2 Å². The second kappa shape index (κ2) is 5.36. The Morgan fingerprint density at radius 3 is 2.76 bits per heavy atom. The zero-order chi connectivity index (χ0) is 12.3. The van der Waals surface area contributed by atoms with Crippen LogP contribution in [0.2, 0.25) is 0 Å². The maximum absolute atomic E-state index is 13.0. The van der Waals surface area contributed by atoms with E-state index >= 15 is 0 Å². The average molecular weight is 240 g/mol. The lowest BCUT2D eigenvalue weighted by Crippen LogP contribution is -2.22. The number of rotatable bonds is 3. The Morgan fingerprint density at radius 2 is 2.12 bits per heavy atom. The second-order valence-corrected chi connectivity index (χ2v) is 4.24. The lowest BCUT2D eigenvalue weighted by atomic mass is 10.00. The molecule has 0 aromatic heterocycles. The molecular weight excluding hydrogens is 226 g/mol. The van der Waals surface area contributed by atoms with Gasteiger partial charge in [-0.2, -0.15) is 0 Å². The number of halogens is 2. The molecule has 17 heavy (non-hydrogen) atoms. The molecule has 0 N–H and O–H groups in total. The number of hydrogen-bond donors (Lipinski definition) is 0. The third-order valence-corrected chi connectivity index (χ3v) is 2.93. The van der Waals surface area contributed by atoms with Crippen molar-refractivity contribution in [2.45, 2.75) is 31.8 Å². The van der Waals surface area contributed by atoms with Crippen LogP contribution in [0.3, 0.4) is 0 Å². The molecule has 2 rings (SSSR count). The van der Waals surface area contributed by atoms with Crippen molar-refractivity contribution in [2.75, 3.05) is 6.61 Å². The number of ketones is 1. The third kappa shape index (κ3) is 3.09. The smallest absolute Gasteiger partial charge is 0.165 e. The van der Waals surface area contributed by atoms with Crippen LogP contribution in [0.4, 0.5) is 8.78 Å². The van der Waals surface area contributed by atoms with Crippen molar-refractivity contribution in [1.29, 1.82) is 0 Å². The summed E-state index contributed by atoms with van der Waals surface area (Å²) in [6, 6.07) is 3.23. The highest BCUT2D eigenvalue weighted by molar-refractivity contribution is 5.96. The fourth-order valence-electron chi connectivity index (χ4n) is 1.96. The van der Waals surface area contributed by atoms with E-state index in [0.717, 1.165) is 31.4 Å². The van der Waals surface area contributed by atoms with Crippen LogP contribution in [0, 0.1) is 11.6 Å². The second-order valence-electron chi connectivity index (χ2n) is 4.24. The quantitative estimate of drug-likeness (QED) is 0.759. The standard InChI is InChI=1S/C13H14F2O2/c14-11-5-4-9(7-12(11)15)13(16)8-10-3-1-2-6-17-10/h4-5,7,10H,1-3,6,8H2. The van der Waals surface area contributed by atoms with E-state index < -0.39 is 11.6 Å². The van der Waals surface area contributed by atoms with Crippen molar-refractivity contribution in [3.8, 4) is 0 Å². The molecule has 1 saturated heterocycles. The van der Waals surface area contributed by atoms with Gasteiger partial charge in [-0.15, -0.1) is 0 Å². The summed E-state index contributed by atoms with van der Waals surface area (Å²) in [4.78, 5) is 11.8. The van der Waals surface area contributed by atoms with Crippen LogP contribution in [-0.4, -0.2) is 18.5 Å². The Bertz CT molecular complexity index is 412. The first-order valence-electron chi connectivity index (χ1n) is 5.76. The first-order chi connectivity index (χ1) is 8.16. The largest absolute Gasteiger partial charge is 0.378 e. The van der Waals surface area contributed by atoms with Gasteiger partial charge in [-0.3, -0.25) is 4.79 Å². The van der Waals surface area contributed by atoms with Crippen LogP contribution in [0.25, 0.3) is 0 Å². The number of benzene rings is 1. The molecule has 1 aromatic carbocycles. The minimum absolute atomic E-state index is 0.0793. The molecule has 1 aromatic rings. The zero-order valence-corrected chi connectivity index (χ0v) is 9.42. The summed E-state index contributed by atoms with van der Waals surface area (Å²) in [7, 11) is 0. The summed E-state index contributed by atoms with van der Waals surface area (Å²) >= 11 is 0. The number of carbonyl (C=O) groups excluding carboxylic acids is 1. The molecule has 4 heteroatoms. The van der Waals surface area contributed by atoms with Gasteiger partial charge in [0.2, 0.25) is 0 Å². The van der Waals surface area contributed by atoms with E-state index in [1.807, 2.05) is 0 Å². The lowest BCUT2D eigenvalue weighted by Gasteiger charge is -2.21. The Balaban J connectivity index is 2.01. The lowest BCUT2D eigenvalue weighted by molar-refractivity contribution is 0.0129. The van der Waals surface area contributed by atoms with E-state index in [0.29, 0.717) is 6.61 Å². The fraction of sp³-hybridized carbons (Fsp3) is 0.462. The van der Waals surface area contributed by atoms with E-state index in [9.17, 15) is 13.6 Å². The number of hydrogen-bond acceptors (Lipinski definition) is 2. The molecule has 1 heterocycles. The summed E-state index contributed by atoms with van der Waals surface area (Å²) in [5.74, 6) is -2.12. The predicted octanol–water partition coefficient (Wildman–Crippen LogP) is 3.11. The molecule has 0 bridgehead atoms. The molecule has 2 nitrogen and oxygen atoms in total. The highest BCUT2D eigenvalue weighted by Gasteiger charge is 2.19. The van der Waals surface area contributed by atoms with Crippen molar-refractivity contribution in [3.63, 3.8) is 0 Å². The Kier molecular flexibility index (Phi) is 3.84. The van der Waals surface area contributed by atoms with Gasteiger partial charge < -0.3 is 4.74 Å². The molecular formula is C13H14F2O2. The number of Topliss-reactive ketones (excluding diaryl/α,β-unsaturated/α-hetero) is 1. The van der Waals surface area contributed by atoms with Gasteiger partial charge in [-0.25, -0.2) is 8.78 Å². The van der Waals surface area contributed by atoms with Crippen LogP contribution in [0.1, 0.15) is 36.0 Å². The summed E-state index contributed by atoms with van der Waals surface area (Å²) in [5, 5.41) is 0. The molecule has 1 aliphatic heterocycles. The Hall–Kier alpha value is -1.29. The number of carbonyl (C=O) groups is 1. The molecule has 0 spiro atoms. The average Bonchev–Trinajstić information content (AvgIpc) is 2.34. The molecule has 1 fully saturated rings. The molecule has 1 unspecified atom stereocenters. The van der Waals surface area contributed by atoms with E-state index in [1.165, 1.54) is 6.07 Å². The van der Waals surface area contributed by atoms with Crippen molar-refractivity contribution in [1.82, 2.24) is 0 Å². The molecule has 0 saturated carbocycles. The Labute approximate surface area is 98.6 Å². The van der Waals surface area contributed by atoms with E-state index in [-0.39, 0.29) is 23.9 Å². The minimum atomic E-state index is -0.986. The van der Waals surface area contributed by atoms with Gasteiger partial charge in [0, 0.05) is 18.6 Å². The van der Waals surface area contributed by atoms with Crippen LogP contribution >= 0.6 is 0 Å². The van der Waals surface area contributed by atoms with Crippen LogP contribution in [0.5, 0.6) is 0 Å². The van der Waals surface area contributed by atoms with Crippen molar-refractivity contribution in [2.24, 2.45) is 0 Å². The first kappa shape index (κ1) is 12.2. The summed E-state index contributed by atoms with van der Waals surface area (Å²) in [6.07, 6.45) is 3.09. The van der Waals surface area contributed by atoms with Gasteiger partial charge in [-0.1, -0.05) is 0 Å². The fourth-order valence-corrected chi connectivity index (χ4v) is 1.96. The van der Waals surface area contributed by atoms with Crippen molar-refractivity contribution < 1.29 is 18.3 Å². The summed E-state index contributed by atoms with van der Waals surface area (Å²) < 4.78 is 31.1. The van der Waals surface area contributed by atoms with Gasteiger partial charge in [0.05, 0.1) is 6.10 Å². The topological polar surface area (TPSA) is 26.3 Å². The monoisotopic (exact) mass is 240 g/mol. The van der Waals surface area contributed by atoms with Gasteiger partial charge in [0.25, 0.3) is 0 Å². The molecule has 1 aliphatic rings. The molecule has 0 aliphatic carbocycles. The predicted molar refractivity (Wildman–Crippen MR) is 58.9 cm³/mol. The molecule has 0 radical (unpaired) electrons. The molecule has 0 amide bonds. The Morgan fingerprint density at radius 1 is 1.29 bits per heavy atom. The van der Waals surface area contributed by atoms with Gasteiger partial charge in [0.15, 0.2) is 17.4 Å². The van der Waals surface area contributed by atoms with Crippen molar-refractivity contribution in [3.05, 3.63) is 35.4 Å². The maximum atomic E-state index is 13.0. The van der Waals surface area contributed by atoms with Gasteiger partial charge in [-0.05, 0) is 37.5 Å². The normalized spacial score (nSPS) is 20.2. The zero-order valence-electron chi connectivity index (χ0n) is 9.42. The SMILES string of the molecule is O=C(CC1CCCCO1)c1ccc(F)c(F)c1. The molecule has 92 valence electrons. The highest BCUT2D eigenvalue weighted by atomic mass is 19.2. The van der Waals surface area contributed by atoms with E-state index in [2.05, 4.69) is 0 Å². The highest BCUT2D eigenvalue weighted by Crippen LogP contribution is 2.18. The summed E-state index contributed by atoms with van der Waals surface area (Å²) in [6.45, 7) is 0.676. The van der Waals surface area contributed by atoms with Crippen LogP contribution < -0.4 is 0 Å². The number of ether oxygens (including phenoxy) is 1. The third-order valence-electron chi connectivity index (χ3n) is 2.93. The van der Waals surface area contributed by atoms with E-state index in [4.69, 9.17) is 4.74 Å². The molecule has 1 atom stereocenters. The van der Waals surface area contributed by atoms with Crippen LogP contribution in [-0.2, 0) is 4.74 Å². The minimum Gasteiger partial charge on any atom is -0.378 e. The summed E-state index contributed by atoms with van der Waals surface area (Å²) in [5.41, 5.74) is 0.207. The maximum Gasteiger partial charge on any atom is 0.165 e. The first-order valence-corrected chi connectivity index (χ1v) is 5.76. The van der Waals surface area contributed by atoms with Crippen molar-refractivity contribution >= 4 is 5.78 Å². The van der Waals surface area contributed by atoms with Gasteiger partial charge >= 0.3 is 0 Å². The van der Waals surface area contributed by atoms with Gasteiger partial charge in [0.1, 0.15) is 0 Å².